The maximum absolute atomic E-state index is 10.2. The van der Waals surface area contributed by atoms with Crippen LogP contribution in [0.1, 0.15) is 20.3 Å². The van der Waals surface area contributed by atoms with Crippen LogP contribution in [0.25, 0.3) is 0 Å². The molecule has 2 heteroatoms. The van der Waals surface area contributed by atoms with Gasteiger partial charge < -0.3 is 4.74 Å². The SMILES string of the molecule is CC/C=C\COC(C)=O. The van der Waals surface area contributed by atoms with E-state index in [9.17, 15) is 4.79 Å². The van der Waals surface area contributed by atoms with Crippen molar-refractivity contribution in [2.24, 2.45) is 0 Å². The highest BCUT2D eigenvalue weighted by Gasteiger charge is 1.84. The van der Waals surface area contributed by atoms with E-state index in [1.165, 1.54) is 6.92 Å². The fraction of sp³-hybridized carbons (Fsp3) is 0.571. The molecule has 0 fully saturated rings. The molecule has 0 aromatic carbocycles. The second kappa shape index (κ2) is 5.35. The standard InChI is InChI=1S/C7H12O2/c1-3-4-5-6-9-7(2)8/h4-5H,3,6H2,1-2H3/b5-4-. The van der Waals surface area contributed by atoms with Crippen molar-refractivity contribution < 1.29 is 9.53 Å². The lowest BCUT2D eigenvalue weighted by Crippen LogP contribution is -1.96. The molecule has 0 heterocycles. The summed E-state index contributed by atoms with van der Waals surface area (Å²) in [6, 6.07) is 0. The van der Waals surface area contributed by atoms with Gasteiger partial charge in [0.15, 0.2) is 0 Å². The molecule has 0 unspecified atom stereocenters. The molecular weight excluding hydrogens is 116 g/mol. The molecule has 0 amide bonds. The first-order chi connectivity index (χ1) is 4.27. The molecule has 0 aliphatic carbocycles. The van der Waals surface area contributed by atoms with E-state index in [4.69, 9.17) is 0 Å². The lowest BCUT2D eigenvalue weighted by molar-refractivity contribution is -0.139. The number of esters is 1. The number of rotatable bonds is 3. The van der Waals surface area contributed by atoms with Crippen molar-refractivity contribution >= 4 is 5.97 Å². The molecule has 0 bridgehead atoms. The summed E-state index contributed by atoms with van der Waals surface area (Å²) in [5.41, 5.74) is 0. The van der Waals surface area contributed by atoms with Crippen molar-refractivity contribution in [3.8, 4) is 0 Å². The van der Waals surface area contributed by atoms with Gasteiger partial charge in [0.1, 0.15) is 6.61 Å². The zero-order valence-corrected chi connectivity index (χ0v) is 5.89. The van der Waals surface area contributed by atoms with Gasteiger partial charge in [0.2, 0.25) is 0 Å². The van der Waals surface area contributed by atoms with Gasteiger partial charge in [-0.2, -0.15) is 0 Å². The van der Waals surface area contributed by atoms with E-state index >= 15 is 0 Å². The Hall–Kier alpha value is -0.790. The Kier molecular flexibility index (Phi) is 4.88. The van der Waals surface area contributed by atoms with Gasteiger partial charge in [-0.25, -0.2) is 0 Å². The van der Waals surface area contributed by atoms with Crippen molar-refractivity contribution in [1.82, 2.24) is 0 Å². The molecular formula is C7H12O2. The second-order valence-corrected chi connectivity index (χ2v) is 1.68. The van der Waals surface area contributed by atoms with E-state index in [0.717, 1.165) is 6.42 Å². The summed E-state index contributed by atoms with van der Waals surface area (Å²) in [6.45, 7) is 3.84. The molecule has 0 spiro atoms. The van der Waals surface area contributed by atoms with Crippen LogP contribution in [0.2, 0.25) is 0 Å². The van der Waals surface area contributed by atoms with Crippen molar-refractivity contribution in [3.05, 3.63) is 12.2 Å². The van der Waals surface area contributed by atoms with Gasteiger partial charge in [-0.05, 0) is 6.42 Å². The normalized spacial score (nSPS) is 10.0. The monoisotopic (exact) mass is 128 g/mol. The third-order valence-corrected chi connectivity index (χ3v) is 0.785. The molecule has 0 aromatic rings. The summed E-state index contributed by atoms with van der Waals surface area (Å²) in [7, 11) is 0. The van der Waals surface area contributed by atoms with Crippen molar-refractivity contribution in [1.29, 1.82) is 0 Å². The van der Waals surface area contributed by atoms with E-state index in [1.807, 2.05) is 19.1 Å². The maximum atomic E-state index is 10.2. The average molecular weight is 128 g/mol. The van der Waals surface area contributed by atoms with E-state index in [1.54, 1.807) is 0 Å². The van der Waals surface area contributed by atoms with Crippen molar-refractivity contribution in [3.63, 3.8) is 0 Å². The fourth-order valence-electron chi connectivity index (χ4n) is 0.400. The lowest BCUT2D eigenvalue weighted by Gasteiger charge is -1.92. The number of allylic oxidation sites excluding steroid dienone is 1. The third-order valence-electron chi connectivity index (χ3n) is 0.785. The van der Waals surface area contributed by atoms with E-state index in [-0.39, 0.29) is 5.97 Å². The van der Waals surface area contributed by atoms with Gasteiger partial charge in [-0.1, -0.05) is 19.1 Å². The van der Waals surface area contributed by atoms with Crippen LogP contribution >= 0.6 is 0 Å². The van der Waals surface area contributed by atoms with Crippen LogP contribution in [-0.4, -0.2) is 12.6 Å². The predicted molar refractivity (Wildman–Crippen MR) is 36.1 cm³/mol. The summed E-state index contributed by atoms with van der Waals surface area (Å²) in [6.07, 6.45) is 4.78. The molecule has 0 saturated carbocycles. The van der Waals surface area contributed by atoms with Gasteiger partial charge in [0.25, 0.3) is 0 Å². The Bertz CT molecular complexity index is 105. The summed E-state index contributed by atoms with van der Waals surface area (Å²) >= 11 is 0. The highest BCUT2D eigenvalue weighted by atomic mass is 16.5. The largest absolute Gasteiger partial charge is 0.462 e. The van der Waals surface area contributed by atoms with Crippen LogP contribution in [0.5, 0.6) is 0 Å². The molecule has 0 rings (SSSR count). The lowest BCUT2D eigenvalue weighted by atomic mass is 10.4. The van der Waals surface area contributed by atoms with E-state index in [2.05, 4.69) is 4.74 Å². The summed E-state index contributed by atoms with van der Waals surface area (Å²) in [5.74, 6) is -0.226. The molecule has 0 aliphatic rings. The smallest absolute Gasteiger partial charge is 0.302 e. The molecule has 2 nitrogen and oxygen atoms in total. The number of ether oxygens (including phenoxy) is 1. The van der Waals surface area contributed by atoms with Gasteiger partial charge in [0.05, 0.1) is 0 Å². The minimum atomic E-state index is -0.226. The van der Waals surface area contributed by atoms with E-state index in [0.29, 0.717) is 6.61 Å². The number of carbonyl (C=O) groups excluding carboxylic acids is 1. The molecule has 0 aromatic heterocycles. The number of hydrogen-bond donors (Lipinski definition) is 0. The second-order valence-electron chi connectivity index (χ2n) is 1.68. The van der Waals surface area contributed by atoms with Crippen LogP contribution < -0.4 is 0 Å². The quantitative estimate of drug-likeness (QED) is 0.425. The fourth-order valence-corrected chi connectivity index (χ4v) is 0.400. The van der Waals surface area contributed by atoms with Crippen LogP contribution in [-0.2, 0) is 9.53 Å². The first-order valence-corrected chi connectivity index (χ1v) is 3.05. The average Bonchev–Trinajstić information content (AvgIpc) is 1.80. The van der Waals surface area contributed by atoms with Crippen molar-refractivity contribution in [2.45, 2.75) is 20.3 Å². The molecule has 52 valence electrons. The third kappa shape index (κ3) is 7.21. The minimum absolute atomic E-state index is 0.226. The molecule has 0 atom stereocenters. The van der Waals surface area contributed by atoms with Crippen LogP contribution in [0.15, 0.2) is 12.2 Å². The Balaban J connectivity index is 3.09. The Morgan fingerprint density at radius 1 is 1.56 bits per heavy atom. The molecule has 9 heavy (non-hydrogen) atoms. The topological polar surface area (TPSA) is 26.3 Å². The van der Waals surface area contributed by atoms with Crippen LogP contribution in [0.3, 0.4) is 0 Å². The Labute approximate surface area is 55.5 Å². The first kappa shape index (κ1) is 8.21. The van der Waals surface area contributed by atoms with Gasteiger partial charge in [-0.15, -0.1) is 0 Å². The highest BCUT2D eigenvalue weighted by Crippen LogP contribution is 1.81. The summed E-state index contributed by atoms with van der Waals surface area (Å²) in [5, 5.41) is 0. The number of carbonyl (C=O) groups is 1. The Morgan fingerprint density at radius 2 is 2.22 bits per heavy atom. The Morgan fingerprint density at radius 3 is 2.67 bits per heavy atom. The van der Waals surface area contributed by atoms with Crippen LogP contribution in [0.4, 0.5) is 0 Å². The van der Waals surface area contributed by atoms with Crippen LogP contribution in [0, 0.1) is 0 Å². The highest BCUT2D eigenvalue weighted by molar-refractivity contribution is 5.65. The van der Waals surface area contributed by atoms with E-state index < -0.39 is 0 Å². The van der Waals surface area contributed by atoms with Gasteiger partial charge in [-0.3, -0.25) is 4.79 Å². The van der Waals surface area contributed by atoms with Crippen molar-refractivity contribution in [2.75, 3.05) is 6.61 Å². The molecule has 0 N–H and O–H groups in total. The summed E-state index contributed by atoms with van der Waals surface area (Å²) in [4.78, 5) is 10.2. The first-order valence-electron chi connectivity index (χ1n) is 3.05. The molecule has 0 saturated heterocycles. The molecule has 0 radical (unpaired) electrons. The number of hydrogen-bond acceptors (Lipinski definition) is 2. The minimum Gasteiger partial charge on any atom is -0.462 e. The van der Waals surface area contributed by atoms with Gasteiger partial charge >= 0.3 is 5.97 Å². The zero-order chi connectivity index (χ0) is 7.11. The zero-order valence-electron chi connectivity index (χ0n) is 5.89. The predicted octanol–water partition coefficient (Wildman–Crippen LogP) is 1.52. The van der Waals surface area contributed by atoms with Gasteiger partial charge in [0, 0.05) is 6.92 Å². The molecule has 0 aliphatic heterocycles. The maximum Gasteiger partial charge on any atom is 0.302 e. The summed E-state index contributed by atoms with van der Waals surface area (Å²) < 4.78 is 4.62.